The zero-order chi connectivity index (χ0) is 8.43. The first-order valence-electron chi connectivity index (χ1n) is 3.97. The van der Waals surface area contributed by atoms with Crippen LogP contribution in [0, 0.1) is 5.92 Å². The zero-order valence-corrected chi connectivity index (χ0v) is 7.57. The molecule has 0 bridgehead atoms. The number of rotatable bonds is 2. The van der Waals surface area contributed by atoms with Crippen LogP contribution in [0.25, 0.3) is 0 Å². The maximum absolute atomic E-state index is 3.89. The maximum atomic E-state index is 3.89. The molecule has 0 aliphatic heterocycles. The van der Waals surface area contributed by atoms with Gasteiger partial charge < -0.3 is 0 Å². The Kier molecular flexibility index (Phi) is 2.27. The second-order valence-electron chi connectivity index (χ2n) is 3.32. The molecular formula is C8H15N3. The van der Waals surface area contributed by atoms with Crippen LogP contribution in [0.1, 0.15) is 32.4 Å². The van der Waals surface area contributed by atoms with Gasteiger partial charge in [0.15, 0.2) is 0 Å². The Morgan fingerprint density at radius 3 is 2.36 bits per heavy atom. The Morgan fingerprint density at radius 1 is 1.36 bits per heavy atom. The summed E-state index contributed by atoms with van der Waals surface area (Å²) in [5.41, 5.74) is 1.21. The van der Waals surface area contributed by atoms with Gasteiger partial charge in [-0.05, 0) is 5.92 Å². The van der Waals surface area contributed by atoms with Crippen molar-refractivity contribution in [2.24, 2.45) is 13.0 Å². The van der Waals surface area contributed by atoms with Gasteiger partial charge in [-0.25, -0.2) is 0 Å². The van der Waals surface area contributed by atoms with Crippen molar-refractivity contribution in [1.82, 2.24) is 15.0 Å². The van der Waals surface area contributed by atoms with Gasteiger partial charge in [0.1, 0.15) is 0 Å². The number of hydrogen-bond acceptors (Lipinski definition) is 2. The summed E-state index contributed by atoms with van der Waals surface area (Å²) >= 11 is 0. The second kappa shape index (κ2) is 3.03. The summed E-state index contributed by atoms with van der Waals surface area (Å²) in [7, 11) is 1.93. The highest BCUT2D eigenvalue weighted by Gasteiger charge is 2.13. The number of hydrogen-bond donors (Lipinski definition) is 0. The summed E-state index contributed by atoms with van der Waals surface area (Å²) in [6.07, 6.45) is 1.84. The van der Waals surface area contributed by atoms with Gasteiger partial charge in [0, 0.05) is 13.0 Å². The Labute approximate surface area is 67.4 Å². The molecule has 0 spiro atoms. The molecule has 1 heterocycles. The van der Waals surface area contributed by atoms with Crippen molar-refractivity contribution in [2.75, 3.05) is 0 Å². The van der Waals surface area contributed by atoms with Crippen molar-refractivity contribution in [3.63, 3.8) is 0 Å². The Balaban J connectivity index is 2.84. The number of aryl methyl sites for hydroxylation is 1. The quantitative estimate of drug-likeness (QED) is 0.645. The molecule has 62 valence electrons. The van der Waals surface area contributed by atoms with Gasteiger partial charge >= 0.3 is 0 Å². The first kappa shape index (κ1) is 8.24. The molecular weight excluding hydrogens is 138 g/mol. The molecule has 11 heavy (non-hydrogen) atoms. The van der Waals surface area contributed by atoms with Crippen LogP contribution in [0.3, 0.4) is 0 Å². The third-order valence-corrected chi connectivity index (χ3v) is 2.22. The highest BCUT2D eigenvalue weighted by Crippen LogP contribution is 2.21. The summed E-state index contributed by atoms with van der Waals surface area (Å²) in [4.78, 5) is 0. The molecule has 0 aromatic carbocycles. The summed E-state index contributed by atoms with van der Waals surface area (Å²) in [5, 5.41) is 7.72. The molecule has 0 radical (unpaired) electrons. The van der Waals surface area contributed by atoms with Crippen molar-refractivity contribution in [1.29, 1.82) is 0 Å². The van der Waals surface area contributed by atoms with E-state index in [1.54, 1.807) is 0 Å². The second-order valence-corrected chi connectivity index (χ2v) is 3.32. The maximum Gasteiger partial charge on any atom is 0.0727 e. The summed E-state index contributed by atoms with van der Waals surface area (Å²) in [5.74, 6) is 1.18. The molecule has 0 saturated carbocycles. The molecule has 1 aromatic rings. The van der Waals surface area contributed by atoms with E-state index in [0.29, 0.717) is 11.8 Å². The Bertz CT molecular complexity index is 227. The first-order chi connectivity index (χ1) is 5.13. The number of aromatic nitrogens is 3. The minimum atomic E-state index is 0.537. The summed E-state index contributed by atoms with van der Waals surface area (Å²) < 4.78 is 1.84. The molecule has 0 saturated heterocycles. The van der Waals surface area contributed by atoms with Gasteiger partial charge in [-0.3, -0.25) is 4.68 Å². The fraction of sp³-hybridized carbons (Fsp3) is 0.750. The largest absolute Gasteiger partial charge is 0.252 e. The van der Waals surface area contributed by atoms with Gasteiger partial charge in [0.05, 0.1) is 11.9 Å². The van der Waals surface area contributed by atoms with Crippen molar-refractivity contribution in [3.05, 3.63) is 11.9 Å². The molecule has 1 rings (SSSR count). The summed E-state index contributed by atoms with van der Waals surface area (Å²) in [6, 6.07) is 0. The predicted octanol–water partition coefficient (Wildman–Crippen LogP) is 1.57. The zero-order valence-electron chi connectivity index (χ0n) is 7.57. The first-order valence-corrected chi connectivity index (χ1v) is 3.97. The van der Waals surface area contributed by atoms with E-state index >= 15 is 0 Å². The van der Waals surface area contributed by atoms with E-state index in [2.05, 4.69) is 31.1 Å². The SMILES string of the molecule is CC(C)[C@@H](C)c1cnnn1C. The molecule has 0 N–H and O–H groups in total. The topological polar surface area (TPSA) is 30.7 Å². The molecule has 0 unspecified atom stereocenters. The lowest BCUT2D eigenvalue weighted by atomic mass is 9.95. The normalized spacial score (nSPS) is 13.9. The monoisotopic (exact) mass is 153 g/mol. The summed E-state index contributed by atoms with van der Waals surface area (Å²) in [6.45, 7) is 6.61. The van der Waals surface area contributed by atoms with E-state index < -0.39 is 0 Å². The lowest BCUT2D eigenvalue weighted by Gasteiger charge is -2.14. The molecule has 1 aromatic heterocycles. The fourth-order valence-electron chi connectivity index (χ4n) is 1.05. The highest BCUT2D eigenvalue weighted by molar-refractivity contribution is 5.01. The molecule has 1 atom stereocenters. The van der Waals surface area contributed by atoms with E-state index in [4.69, 9.17) is 0 Å². The van der Waals surface area contributed by atoms with Crippen molar-refractivity contribution >= 4 is 0 Å². The molecule has 0 amide bonds. The minimum Gasteiger partial charge on any atom is -0.252 e. The van der Waals surface area contributed by atoms with E-state index in [-0.39, 0.29) is 0 Å². The van der Waals surface area contributed by atoms with Crippen LogP contribution in [0.5, 0.6) is 0 Å². The lowest BCUT2D eigenvalue weighted by Crippen LogP contribution is -2.07. The van der Waals surface area contributed by atoms with E-state index in [9.17, 15) is 0 Å². The van der Waals surface area contributed by atoms with Gasteiger partial charge in [-0.2, -0.15) is 0 Å². The van der Waals surface area contributed by atoms with Crippen molar-refractivity contribution < 1.29 is 0 Å². The molecule has 0 fully saturated rings. The van der Waals surface area contributed by atoms with Gasteiger partial charge in [0.2, 0.25) is 0 Å². The fourth-order valence-corrected chi connectivity index (χ4v) is 1.05. The van der Waals surface area contributed by atoms with Crippen LogP contribution in [0.4, 0.5) is 0 Å². The highest BCUT2D eigenvalue weighted by atomic mass is 15.4. The standard InChI is InChI=1S/C8H15N3/c1-6(2)7(3)8-5-9-10-11(8)4/h5-7H,1-4H3/t7-/m1/s1. The third-order valence-electron chi connectivity index (χ3n) is 2.22. The minimum absolute atomic E-state index is 0.537. The van der Waals surface area contributed by atoms with Crippen LogP contribution >= 0.6 is 0 Å². The molecule has 0 aliphatic rings. The smallest absolute Gasteiger partial charge is 0.0727 e. The average Bonchev–Trinajstić information content (AvgIpc) is 2.33. The van der Waals surface area contributed by atoms with Crippen LogP contribution < -0.4 is 0 Å². The van der Waals surface area contributed by atoms with Crippen LogP contribution in [-0.2, 0) is 7.05 Å². The van der Waals surface area contributed by atoms with Crippen LogP contribution in [-0.4, -0.2) is 15.0 Å². The van der Waals surface area contributed by atoms with Crippen LogP contribution in [0.15, 0.2) is 6.20 Å². The predicted molar refractivity (Wildman–Crippen MR) is 44.3 cm³/mol. The molecule has 0 aliphatic carbocycles. The lowest BCUT2D eigenvalue weighted by molar-refractivity contribution is 0.497. The van der Waals surface area contributed by atoms with Gasteiger partial charge in [-0.15, -0.1) is 5.10 Å². The van der Waals surface area contributed by atoms with E-state index in [0.717, 1.165) is 0 Å². The van der Waals surface area contributed by atoms with Crippen LogP contribution in [0.2, 0.25) is 0 Å². The van der Waals surface area contributed by atoms with E-state index in [1.807, 2.05) is 17.9 Å². The average molecular weight is 153 g/mol. The Morgan fingerprint density at radius 2 is 2.00 bits per heavy atom. The third kappa shape index (κ3) is 1.59. The van der Waals surface area contributed by atoms with Gasteiger partial charge in [-0.1, -0.05) is 26.0 Å². The molecule has 3 heteroatoms. The van der Waals surface area contributed by atoms with Gasteiger partial charge in [0.25, 0.3) is 0 Å². The van der Waals surface area contributed by atoms with Crippen molar-refractivity contribution in [2.45, 2.75) is 26.7 Å². The van der Waals surface area contributed by atoms with E-state index in [1.165, 1.54) is 5.69 Å². The Hall–Kier alpha value is -0.860. The number of nitrogens with zero attached hydrogens (tertiary/aromatic N) is 3. The van der Waals surface area contributed by atoms with Crippen molar-refractivity contribution in [3.8, 4) is 0 Å². The molecule has 3 nitrogen and oxygen atoms in total.